The fourth-order valence-corrected chi connectivity index (χ4v) is 6.94. The number of carbonyl (C=O) groups excluding carboxylic acids is 1. The van der Waals surface area contributed by atoms with Crippen LogP contribution in [-0.2, 0) is 14.3 Å². The van der Waals surface area contributed by atoms with E-state index in [9.17, 15) is 14.7 Å². The molecule has 0 amide bonds. The molecule has 2 saturated heterocycles. The van der Waals surface area contributed by atoms with Crippen LogP contribution in [0.2, 0.25) is 0 Å². The molecule has 5 heteroatoms. The number of fused-ring (bicyclic) bond motifs is 5. The predicted octanol–water partition coefficient (Wildman–Crippen LogP) is 3.34. The van der Waals surface area contributed by atoms with Crippen molar-refractivity contribution in [2.24, 2.45) is 23.2 Å². The summed E-state index contributed by atoms with van der Waals surface area (Å²) in [4.78, 5) is 23.5. The molecule has 0 aromatic carbocycles. The first-order chi connectivity index (χ1) is 10.1. The van der Waals surface area contributed by atoms with Crippen molar-refractivity contribution in [1.29, 1.82) is 0 Å². The standard InChI is InChI=1S/C17H26O4S/c1-16(2,14(18)19)15(20)21-17(3,4)11-8-12-9-6-5-7-10(9)13(11)22-12/h9-13H,5-8H2,1-4H3,(H,18,19). The third-order valence-corrected chi connectivity index (χ3v) is 7.92. The molecule has 3 rings (SSSR count). The van der Waals surface area contributed by atoms with Crippen LogP contribution in [-0.4, -0.2) is 33.1 Å². The van der Waals surface area contributed by atoms with Crippen LogP contribution in [0.1, 0.15) is 53.4 Å². The number of esters is 1. The van der Waals surface area contributed by atoms with Crippen LogP contribution >= 0.6 is 11.8 Å². The summed E-state index contributed by atoms with van der Waals surface area (Å²) in [5, 5.41) is 10.5. The average Bonchev–Trinajstić information content (AvgIpc) is 3.10. The van der Waals surface area contributed by atoms with E-state index >= 15 is 0 Å². The van der Waals surface area contributed by atoms with Gasteiger partial charge in [0.05, 0.1) is 0 Å². The van der Waals surface area contributed by atoms with Gasteiger partial charge in [-0.25, -0.2) is 0 Å². The van der Waals surface area contributed by atoms with E-state index in [2.05, 4.69) is 11.8 Å². The second kappa shape index (κ2) is 5.15. The molecule has 5 atom stereocenters. The molecule has 0 radical (unpaired) electrons. The molecule has 2 bridgehead atoms. The summed E-state index contributed by atoms with van der Waals surface area (Å²) in [6.07, 6.45) is 5.10. The molecule has 3 aliphatic rings. The molecule has 3 fully saturated rings. The first-order valence-electron chi connectivity index (χ1n) is 8.27. The third-order valence-electron chi connectivity index (χ3n) is 6.03. The van der Waals surface area contributed by atoms with Crippen molar-refractivity contribution in [2.45, 2.75) is 69.5 Å². The van der Waals surface area contributed by atoms with Gasteiger partial charge in [0, 0.05) is 16.4 Å². The minimum atomic E-state index is -1.49. The van der Waals surface area contributed by atoms with Gasteiger partial charge >= 0.3 is 11.9 Å². The molecule has 124 valence electrons. The fourth-order valence-electron chi connectivity index (χ4n) is 4.51. The van der Waals surface area contributed by atoms with Gasteiger partial charge in [0.25, 0.3) is 0 Å². The zero-order valence-corrected chi connectivity index (χ0v) is 14.6. The zero-order valence-electron chi connectivity index (χ0n) is 13.8. The highest BCUT2D eigenvalue weighted by Crippen LogP contribution is 2.63. The van der Waals surface area contributed by atoms with Crippen molar-refractivity contribution in [1.82, 2.24) is 0 Å². The molecule has 0 aromatic heterocycles. The zero-order chi connectivity index (χ0) is 16.3. The van der Waals surface area contributed by atoms with E-state index in [1.54, 1.807) is 0 Å². The summed E-state index contributed by atoms with van der Waals surface area (Å²) >= 11 is 2.09. The lowest BCUT2D eigenvalue weighted by Gasteiger charge is -2.40. The number of hydrogen-bond acceptors (Lipinski definition) is 4. The smallest absolute Gasteiger partial charge is 0.323 e. The Labute approximate surface area is 136 Å². The maximum Gasteiger partial charge on any atom is 0.323 e. The minimum absolute atomic E-state index is 0.343. The van der Waals surface area contributed by atoms with Gasteiger partial charge in [-0.1, -0.05) is 6.42 Å². The molecule has 1 N–H and O–H groups in total. The number of ether oxygens (including phenoxy) is 1. The highest BCUT2D eigenvalue weighted by Gasteiger charge is 2.59. The van der Waals surface area contributed by atoms with Crippen LogP contribution in [0.25, 0.3) is 0 Å². The van der Waals surface area contributed by atoms with Gasteiger partial charge < -0.3 is 9.84 Å². The van der Waals surface area contributed by atoms with E-state index < -0.39 is 23.0 Å². The van der Waals surface area contributed by atoms with Crippen LogP contribution in [0.3, 0.4) is 0 Å². The van der Waals surface area contributed by atoms with Crippen LogP contribution in [0.5, 0.6) is 0 Å². The van der Waals surface area contributed by atoms with Gasteiger partial charge in [-0.2, -0.15) is 11.8 Å². The van der Waals surface area contributed by atoms with E-state index in [-0.39, 0.29) is 0 Å². The van der Waals surface area contributed by atoms with Gasteiger partial charge in [-0.05, 0) is 58.8 Å². The normalized spacial score (nSPS) is 37.2. The molecule has 2 aliphatic heterocycles. The molecular weight excluding hydrogens is 300 g/mol. The van der Waals surface area contributed by atoms with Crippen molar-refractivity contribution < 1.29 is 19.4 Å². The Bertz CT molecular complexity index is 499. The monoisotopic (exact) mass is 326 g/mol. The van der Waals surface area contributed by atoms with Crippen molar-refractivity contribution >= 4 is 23.7 Å². The van der Waals surface area contributed by atoms with Crippen LogP contribution in [0.4, 0.5) is 0 Å². The van der Waals surface area contributed by atoms with Crippen LogP contribution < -0.4 is 0 Å². The van der Waals surface area contributed by atoms with E-state index in [0.29, 0.717) is 16.4 Å². The van der Waals surface area contributed by atoms with Gasteiger partial charge in [0.15, 0.2) is 5.41 Å². The first-order valence-corrected chi connectivity index (χ1v) is 9.21. The second-order valence-corrected chi connectivity index (χ2v) is 9.59. The lowest BCUT2D eigenvalue weighted by molar-refractivity contribution is -0.180. The number of carboxylic acids is 1. The van der Waals surface area contributed by atoms with E-state index in [1.807, 2.05) is 13.8 Å². The van der Waals surface area contributed by atoms with Crippen molar-refractivity contribution in [3.63, 3.8) is 0 Å². The van der Waals surface area contributed by atoms with Crippen molar-refractivity contribution in [2.75, 3.05) is 0 Å². The third kappa shape index (κ3) is 2.36. The lowest BCUT2D eigenvalue weighted by atomic mass is 9.70. The Kier molecular flexibility index (Phi) is 3.78. The number of hydrogen-bond donors (Lipinski definition) is 1. The number of aliphatic carboxylic acids is 1. The Morgan fingerprint density at radius 2 is 1.77 bits per heavy atom. The summed E-state index contributed by atoms with van der Waals surface area (Å²) in [6.45, 7) is 6.74. The molecule has 2 heterocycles. The number of rotatable bonds is 4. The molecule has 1 saturated carbocycles. The molecular formula is C17H26O4S. The first kappa shape index (κ1) is 16.2. The van der Waals surface area contributed by atoms with Crippen molar-refractivity contribution in [3.8, 4) is 0 Å². The molecule has 0 spiro atoms. The van der Waals surface area contributed by atoms with E-state index in [0.717, 1.165) is 18.3 Å². The maximum atomic E-state index is 12.3. The Morgan fingerprint density at radius 1 is 1.14 bits per heavy atom. The topological polar surface area (TPSA) is 63.6 Å². The van der Waals surface area contributed by atoms with Gasteiger partial charge in [0.2, 0.25) is 0 Å². The molecule has 5 unspecified atom stereocenters. The molecule has 0 aromatic rings. The molecule has 22 heavy (non-hydrogen) atoms. The van der Waals surface area contributed by atoms with Crippen molar-refractivity contribution in [3.05, 3.63) is 0 Å². The summed E-state index contributed by atoms with van der Waals surface area (Å²) in [6, 6.07) is 0. The van der Waals surface area contributed by atoms with Crippen LogP contribution in [0, 0.1) is 23.2 Å². The fraction of sp³-hybridized carbons (Fsp3) is 0.882. The van der Waals surface area contributed by atoms with Gasteiger partial charge in [0.1, 0.15) is 5.60 Å². The largest absolute Gasteiger partial charge is 0.480 e. The highest BCUT2D eigenvalue weighted by molar-refractivity contribution is 8.01. The molecule has 1 aliphatic carbocycles. The van der Waals surface area contributed by atoms with Crippen LogP contribution in [0.15, 0.2) is 0 Å². The maximum absolute atomic E-state index is 12.3. The van der Waals surface area contributed by atoms with Gasteiger partial charge in [-0.15, -0.1) is 0 Å². The number of carboxylic acid groups (broad SMARTS) is 1. The second-order valence-electron chi connectivity index (χ2n) is 8.16. The Morgan fingerprint density at radius 3 is 2.41 bits per heavy atom. The number of carbonyl (C=O) groups is 2. The Hall–Kier alpha value is -0.710. The minimum Gasteiger partial charge on any atom is -0.480 e. The highest BCUT2D eigenvalue weighted by atomic mass is 32.2. The quantitative estimate of drug-likeness (QED) is 0.634. The molecule has 4 nitrogen and oxygen atoms in total. The summed E-state index contributed by atoms with van der Waals surface area (Å²) in [5.74, 6) is 0.232. The van der Waals surface area contributed by atoms with Gasteiger partial charge in [-0.3, -0.25) is 9.59 Å². The van der Waals surface area contributed by atoms with E-state index in [4.69, 9.17) is 4.74 Å². The predicted molar refractivity (Wildman–Crippen MR) is 85.7 cm³/mol. The SMILES string of the molecule is CC(C)(C(=O)O)C(=O)OC(C)(C)C1CC2SC1C1CCCC21. The average molecular weight is 326 g/mol. The summed E-state index contributed by atoms with van der Waals surface area (Å²) in [5.41, 5.74) is -2.08. The lowest BCUT2D eigenvalue weighted by Crippen LogP contribution is -2.48. The summed E-state index contributed by atoms with van der Waals surface area (Å²) in [7, 11) is 0. The summed E-state index contributed by atoms with van der Waals surface area (Å²) < 4.78 is 5.72. The Balaban J connectivity index is 1.72. The number of thioether (sulfide) groups is 1. The van der Waals surface area contributed by atoms with E-state index in [1.165, 1.54) is 33.1 Å².